The Hall–Kier alpha value is -0.530. The summed E-state index contributed by atoms with van der Waals surface area (Å²) < 4.78 is 0. The molecular formula is C15H22ClN. The molecule has 1 fully saturated rings. The number of benzene rings is 1. The molecular weight excluding hydrogens is 230 g/mol. The lowest BCUT2D eigenvalue weighted by Crippen LogP contribution is -2.40. The number of rotatable bonds is 4. The van der Waals surface area contributed by atoms with Crippen LogP contribution in [-0.4, -0.2) is 29.9 Å². The lowest BCUT2D eigenvalue weighted by Gasteiger charge is -2.35. The molecule has 1 aliphatic rings. The van der Waals surface area contributed by atoms with Crippen molar-refractivity contribution in [3.63, 3.8) is 0 Å². The predicted molar refractivity (Wildman–Crippen MR) is 74.8 cm³/mol. The van der Waals surface area contributed by atoms with Crippen molar-refractivity contribution in [2.75, 3.05) is 19.6 Å². The molecule has 0 N–H and O–H groups in total. The highest BCUT2D eigenvalue weighted by Crippen LogP contribution is 2.29. The van der Waals surface area contributed by atoms with Crippen molar-refractivity contribution in [1.82, 2.24) is 4.90 Å². The molecule has 0 aromatic heterocycles. The van der Waals surface area contributed by atoms with Crippen LogP contribution in [0.5, 0.6) is 0 Å². The number of hydrogen-bond acceptors (Lipinski definition) is 1. The first-order valence-electron chi connectivity index (χ1n) is 6.71. The first kappa shape index (κ1) is 12.9. The summed E-state index contributed by atoms with van der Waals surface area (Å²) in [6.45, 7) is 5.68. The fourth-order valence-electron chi connectivity index (χ4n) is 2.66. The van der Waals surface area contributed by atoms with E-state index in [4.69, 9.17) is 11.6 Å². The number of piperidine rings is 1. The summed E-state index contributed by atoms with van der Waals surface area (Å²) in [5, 5.41) is 0.311. The Bertz CT molecular complexity index is 325. The normalized spacial score (nSPS) is 26.0. The van der Waals surface area contributed by atoms with Crippen LogP contribution in [-0.2, 0) is 0 Å². The minimum absolute atomic E-state index is 0.311. The Morgan fingerprint density at radius 1 is 1.24 bits per heavy atom. The molecule has 1 heterocycles. The molecule has 0 spiro atoms. The number of hydrogen-bond donors (Lipinski definition) is 0. The SMILES string of the molecule is CCCCN1CC(Cl)CC(c2ccccc2)C1. The lowest BCUT2D eigenvalue weighted by molar-refractivity contribution is 0.208. The number of halogens is 1. The summed E-state index contributed by atoms with van der Waals surface area (Å²) in [5.74, 6) is 0.615. The van der Waals surface area contributed by atoms with E-state index in [0.29, 0.717) is 11.3 Å². The van der Waals surface area contributed by atoms with Crippen molar-refractivity contribution in [1.29, 1.82) is 0 Å². The number of likely N-dealkylation sites (tertiary alicyclic amines) is 1. The minimum atomic E-state index is 0.311. The number of nitrogens with zero attached hydrogens (tertiary/aromatic N) is 1. The van der Waals surface area contributed by atoms with Crippen LogP contribution >= 0.6 is 11.6 Å². The van der Waals surface area contributed by atoms with E-state index in [1.807, 2.05) is 0 Å². The van der Waals surface area contributed by atoms with Gasteiger partial charge in [-0.15, -0.1) is 11.6 Å². The van der Waals surface area contributed by atoms with Gasteiger partial charge in [-0.05, 0) is 30.9 Å². The first-order valence-corrected chi connectivity index (χ1v) is 7.14. The van der Waals surface area contributed by atoms with Crippen LogP contribution in [0.2, 0.25) is 0 Å². The van der Waals surface area contributed by atoms with Crippen molar-refractivity contribution in [2.24, 2.45) is 0 Å². The molecule has 2 heteroatoms. The average molecular weight is 252 g/mol. The molecule has 1 aromatic carbocycles. The van der Waals surface area contributed by atoms with E-state index < -0.39 is 0 Å². The Labute approximate surface area is 110 Å². The monoisotopic (exact) mass is 251 g/mol. The molecule has 2 unspecified atom stereocenters. The molecule has 1 aromatic rings. The van der Waals surface area contributed by atoms with E-state index in [9.17, 15) is 0 Å². The zero-order valence-electron chi connectivity index (χ0n) is 10.6. The maximum Gasteiger partial charge on any atom is 0.0469 e. The van der Waals surface area contributed by atoms with E-state index in [1.165, 1.54) is 31.5 Å². The standard InChI is InChI=1S/C15H22ClN/c1-2-3-9-17-11-14(10-15(16)12-17)13-7-5-4-6-8-13/h4-8,14-15H,2-3,9-12H2,1H3. The molecule has 1 nitrogen and oxygen atoms in total. The molecule has 0 saturated carbocycles. The minimum Gasteiger partial charge on any atom is -0.301 e. The summed E-state index contributed by atoms with van der Waals surface area (Å²) in [6.07, 6.45) is 3.67. The molecule has 0 radical (unpaired) electrons. The van der Waals surface area contributed by atoms with Crippen LogP contribution in [0, 0.1) is 0 Å². The Balaban J connectivity index is 1.98. The van der Waals surface area contributed by atoms with Crippen molar-refractivity contribution in [3.05, 3.63) is 35.9 Å². The molecule has 2 rings (SSSR count). The average Bonchev–Trinajstić information content (AvgIpc) is 2.37. The number of alkyl halides is 1. The second-order valence-electron chi connectivity index (χ2n) is 5.05. The topological polar surface area (TPSA) is 3.24 Å². The Morgan fingerprint density at radius 3 is 2.71 bits per heavy atom. The van der Waals surface area contributed by atoms with Gasteiger partial charge in [0, 0.05) is 18.5 Å². The highest BCUT2D eigenvalue weighted by molar-refractivity contribution is 6.20. The van der Waals surface area contributed by atoms with Crippen LogP contribution in [0.25, 0.3) is 0 Å². The fourth-order valence-corrected chi connectivity index (χ4v) is 3.07. The van der Waals surface area contributed by atoms with E-state index in [1.54, 1.807) is 0 Å². The van der Waals surface area contributed by atoms with E-state index in [2.05, 4.69) is 42.2 Å². The predicted octanol–water partition coefficient (Wildman–Crippen LogP) is 3.88. The van der Waals surface area contributed by atoms with Gasteiger partial charge < -0.3 is 4.90 Å². The van der Waals surface area contributed by atoms with Crippen molar-refractivity contribution >= 4 is 11.6 Å². The van der Waals surface area contributed by atoms with E-state index in [0.717, 1.165) is 13.0 Å². The molecule has 0 bridgehead atoms. The molecule has 94 valence electrons. The van der Waals surface area contributed by atoms with Gasteiger partial charge in [0.15, 0.2) is 0 Å². The molecule has 0 aliphatic carbocycles. The maximum absolute atomic E-state index is 6.39. The van der Waals surface area contributed by atoms with Gasteiger partial charge >= 0.3 is 0 Å². The van der Waals surface area contributed by atoms with Gasteiger partial charge in [0.2, 0.25) is 0 Å². The van der Waals surface area contributed by atoms with Crippen molar-refractivity contribution in [3.8, 4) is 0 Å². The highest BCUT2D eigenvalue weighted by atomic mass is 35.5. The summed E-state index contributed by atoms with van der Waals surface area (Å²) in [7, 11) is 0. The molecule has 0 amide bonds. The third-order valence-electron chi connectivity index (χ3n) is 3.57. The van der Waals surface area contributed by atoms with Crippen LogP contribution < -0.4 is 0 Å². The van der Waals surface area contributed by atoms with Gasteiger partial charge in [0.25, 0.3) is 0 Å². The molecule has 17 heavy (non-hydrogen) atoms. The van der Waals surface area contributed by atoms with Gasteiger partial charge in [0.1, 0.15) is 0 Å². The van der Waals surface area contributed by atoms with Gasteiger partial charge in [-0.1, -0.05) is 43.7 Å². The summed E-state index contributed by atoms with van der Waals surface area (Å²) in [5.41, 5.74) is 1.44. The molecule has 1 aliphatic heterocycles. The first-order chi connectivity index (χ1) is 8.29. The second-order valence-corrected chi connectivity index (χ2v) is 5.67. The largest absolute Gasteiger partial charge is 0.301 e. The van der Waals surface area contributed by atoms with Crippen LogP contribution in [0.15, 0.2) is 30.3 Å². The van der Waals surface area contributed by atoms with Gasteiger partial charge in [-0.2, -0.15) is 0 Å². The number of unbranched alkanes of at least 4 members (excludes halogenated alkanes) is 1. The summed E-state index contributed by atoms with van der Waals surface area (Å²) >= 11 is 6.39. The van der Waals surface area contributed by atoms with Crippen LogP contribution in [0.1, 0.15) is 37.7 Å². The fraction of sp³-hybridized carbons (Fsp3) is 0.600. The van der Waals surface area contributed by atoms with E-state index >= 15 is 0 Å². The zero-order valence-corrected chi connectivity index (χ0v) is 11.4. The third-order valence-corrected chi connectivity index (χ3v) is 3.89. The van der Waals surface area contributed by atoms with Crippen molar-refractivity contribution < 1.29 is 0 Å². The van der Waals surface area contributed by atoms with Crippen LogP contribution in [0.4, 0.5) is 0 Å². The zero-order chi connectivity index (χ0) is 12.1. The highest BCUT2D eigenvalue weighted by Gasteiger charge is 2.26. The van der Waals surface area contributed by atoms with Gasteiger partial charge in [-0.25, -0.2) is 0 Å². The van der Waals surface area contributed by atoms with E-state index in [-0.39, 0.29) is 0 Å². The third kappa shape index (κ3) is 3.72. The van der Waals surface area contributed by atoms with Gasteiger partial charge in [0.05, 0.1) is 0 Å². The van der Waals surface area contributed by atoms with Gasteiger partial charge in [-0.3, -0.25) is 0 Å². The lowest BCUT2D eigenvalue weighted by atomic mass is 9.90. The summed E-state index contributed by atoms with van der Waals surface area (Å²) in [4.78, 5) is 2.53. The molecule has 2 atom stereocenters. The van der Waals surface area contributed by atoms with Crippen molar-refractivity contribution in [2.45, 2.75) is 37.5 Å². The second kappa shape index (κ2) is 6.42. The Kier molecular flexibility index (Phi) is 4.87. The smallest absolute Gasteiger partial charge is 0.0469 e. The Morgan fingerprint density at radius 2 is 2.00 bits per heavy atom. The summed E-state index contributed by atoms with van der Waals surface area (Å²) in [6, 6.07) is 10.8. The van der Waals surface area contributed by atoms with Crippen LogP contribution in [0.3, 0.4) is 0 Å². The molecule has 1 saturated heterocycles. The maximum atomic E-state index is 6.39. The quantitative estimate of drug-likeness (QED) is 0.734.